The zero-order valence-electron chi connectivity index (χ0n) is 20.2. The molecule has 0 aliphatic carbocycles. The lowest BCUT2D eigenvalue weighted by Crippen LogP contribution is -2.44. The van der Waals surface area contributed by atoms with E-state index in [-0.39, 0.29) is 11.8 Å². The number of benzene rings is 2. The smallest absolute Gasteiger partial charge is 0.326 e. The Hall–Kier alpha value is -3.19. The summed E-state index contributed by atoms with van der Waals surface area (Å²) in [5, 5.41) is 12.9. The first-order valence-corrected chi connectivity index (χ1v) is 12.5. The van der Waals surface area contributed by atoms with Crippen molar-refractivity contribution in [2.75, 3.05) is 11.4 Å². The van der Waals surface area contributed by atoms with Crippen LogP contribution in [0.3, 0.4) is 0 Å². The first-order chi connectivity index (χ1) is 16.3. The van der Waals surface area contributed by atoms with Gasteiger partial charge in [-0.25, -0.2) is 9.78 Å². The first-order valence-electron chi connectivity index (χ1n) is 11.7. The van der Waals surface area contributed by atoms with E-state index >= 15 is 0 Å². The fourth-order valence-corrected chi connectivity index (χ4v) is 4.65. The van der Waals surface area contributed by atoms with Crippen LogP contribution in [0.5, 0.6) is 0 Å². The van der Waals surface area contributed by atoms with Crippen molar-refractivity contribution < 1.29 is 14.7 Å². The highest BCUT2D eigenvalue weighted by Gasteiger charge is 2.24. The Labute approximate surface area is 205 Å². The summed E-state index contributed by atoms with van der Waals surface area (Å²) in [6.45, 7) is 9.42. The monoisotopic (exact) mass is 479 g/mol. The molecular weight excluding hydrogens is 446 g/mol. The maximum absolute atomic E-state index is 12.5. The number of carbonyl (C=O) groups is 2. The van der Waals surface area contributed by atoms with E-state index in [0.29, 0.717) is 12.1 Å². The van der Waals surface area contributed by atoms with Gasteiger partial charge in [-0.15, -0.1) is 11.3 Å². The molecule has 3 rings (SSSR count). The van der Waals surface area contributed by atoms with Gasteiger partial charge in [-0.3, -0.25) is 4.79 Å². The number of nitrogens with one attached hydrogen (secondary N) is 1. The highest BCUT2D eigenvalue weighted by molar-refractivity contribution is 7.16. The van der Waals surface area contributed by atoms with Crippen LogP contribution >= 0.6 is 11.3 Å². The van der Waals surface area contributed by atoms with Gasteiger partial charge in [0.1, 0.15) is 6.04 Å². The number of aromatic nitrogens is 1. The molecule has 7 heteroatoms. The third-order valence-corrected chi connectivity index (χ3v) is 6.73. The molecule has 1 amide bonds. The predicted molar refractivity (Wildman–Crippen MR) is 138 cm³/mol. The number of hydrogen-bond donors (Lipinski definition) is 2. The standard InChI is InChI=1S/C27H33N3O3S/c1-5-6-16-30(27-29-24(19(4)34-27)21-10-8-7-9-11-21)17-20-12-14-22(15-13-20)25(31)28-23(18(2)3)26(32)33/h7-15,18,23H,5-6,16-17H2,1-4H3,(H,28,31)(H,32,33). The number of carboxylic acids is 1. The van der Waals surface area contributed by atoms with Gasteiger partial charge < -0.3 is 15.3 Å². The second-order valence-electron chi connectivity index (χ2n) is 8.77. The van der Waals surface area contributed by atoms with Crippen LogP contribution in [0.2, 0.25) is 0 Å². The molecule has 6 nitrogen and oxygen atoms in total. The van der Waals surface area contributed by atoms with Gasteiger partial charge >= 0.3 is 5.97 Å². The van der Waals surface area contributed by atoms with Gasteiger partial charge in [0.2, 0.25) is 0 Å². The Morgan fingerprint density at radius 3 is 2.35 bits per heavy atom. The molecule has 0 aliphatic heterocycles. The number of anilines is 1. The molecule has 2 aromatic carbocycles. The van der Waals surface area contributed by atoms with Crippen molar-refractivity contribution in [1.82, 2.24) is 10.3 Å². The Bertz CT molecular complexity index is 1090. The molecule has 0 saturated heterocycles. The number of aliphatic carboxylic acids is 1. The third kappa shape index (κ3) is 6.44. The van der Waals surface area contributed by atoms with Crippen LogP contribution < -0.4 is 10.2 Å². The van der Waals surface area contributed by atoms with Crippen molar-refractivity contribution >= 4 is 28.3 Å². The minimum atomic E-state index is -1.03. The van der Waals surface area contributed by atoms with Crippen LogP contribution in [0.25, 0.3) is 11.3 Å². The van der Waals surface area contributed by atoms with E-state index in [9.17, 15) is 14.7 Å². The lowest BCUT2D eigenvalue weighted by molar-refractivity contribution is -0.140. The SMILES string of the molecule is CCCCN(Cc1ccc(C(=O)NC(C(=O)O)C(C)C)cc1)c1nc(-c2ccccc2)c(C)s1. The predicted octanol–water partition coefficient (Wildman–Crippen LogP) is 5.76. The molecular formula is C27H33N3O3S. The summed E-state index contributed by atoms with van der Waals surface area (Å²) in [5.41, 5.74) is 3.66. The highest BCUT2D eigenvalue weighted by atomic mass is 32.1. The second kappa shape index (κ2) is 11.8. The lowest BCUT2D eigenvalue weighted by Gasteiger charge is -2.22. The highest BCUT2D eigenvalue weighted by Crippen LogP contribution is 2.33. The summed E-state index contributed by atoms with van der Waals surface area (Å²) in [6, 6.07) is 16.7. The molecule has 1 heterocycles. The molecule has 1 aromatic heterocycles. The number of aryl methyl sites for hydroxylation is 1. The molecule has 1 atom stereocenters. The fourth-order valence-electron chi connectivity index (χ4n) is 3.69. The Morgan fingerprint density at radius 1 is 1.09 bits per heavy atom. The minimum Gasteiger partial charge on any atom is -0.480 e. The summed E-state index contributed by atoms with van der Waals surface area (Å²) < 4.78 is 0. The van der Waals surface area contributed by atoms with E-state index in [1.807, 2.05) is 30.3 Å². The normalized spacial score (nSPS) is 11.9. The van der Waals surface area contributed by atoms with E-state index in [1.165, 1.54) is 4.88 Å². The molecule has 0 bridgehead atoms. The molecule has 0 aliphatic rings. The van der Waals surface area contributed by atoms with Gasteiger partial charge in [-0.1, -0.05) is 69.7 Å². The van der Waals surface area contributed by atoms with E-state index < -0.39 is 12.0 Å². The van der Waals surface area contributed by atoms with Crippen molar-refractivity contribution in [2.45, 2.75) is 53.1 Å². The number of nitrogens with zero attached hydrogens (tertiary/aromatic N) is 2. The maximum Gasteiger partial charge on any atom is 0.326 e. The Morgan fingerprint density at radius 2 is 1.76 bits per heavy atom. The minimum absolute atomic E-state index is 0.199. The van der Waals surface area contributed by atoms with Crippen molar-refractivity contribution in [2.24, 2.45) is 5.92 Å². The number of thiazole rings is 1. The number of rotatable bonds is 11. The van der Waals surface area contributed by atoms with Gasteiger partial charge in [-0.05, 0) is 37.0 Å². The van der Waals surface area contributed by atoms with Crippen LogP contribution in [0, 0.1) is 12.8 Å². The molecule has 0 saturated carbocycles. The number of unbranched alkanes of at least 4 members (excludes halogenated alkanes) is 1. The summed E-state index contributed by atoms with van der Waals surface area (Å²) in [4.78, 5) is 32.4. The molecule has 0 spiro atoms. The molecule has 0 fully saturated rings. The molecule has 2 N–H and O–H groups in total. The van der Waals surface area contributed by atoms with Gasteiger partial charge in [0, 0.05) is 29.1 Å². The van der Waals surface area contributed by atoms with Crippen LogP contribution in [-0.2, 0) is 11.3 Å². The van der Waals surface area contributed by atoms with Crippen LogP contribution in [-0.4, -0.2) is 34.6 Å². The number of carboxylic acid groups (broad SMARTS) is 1. The third-order valence-electron chi connectivity index (χ3n) is 5.69. The largest absolute Gasteiger partial charge is 0.480 e. The number of amides is 1. The zero-order chi connectivity index (χ0) is 24.7. The van der Waals surface area contributed by atoms with Gasteiger partial charge in [0.15, 0.2) is 5.13 Å². The summed E-state index contributed by atoms with van der Waals surface area (Å²) >= 11 is 1.70. The molecule has 34 heavy (non-hydrogen) atoms. The summed E-state index contributed by atoms with van der Waals surface area (Å²) in [6.07, 6.45) is 2.15. The van der Waals surface area contributed by atoms with Crippen molar-refractivity contribution in [3.63, 3.8) is 0 Å². The number of carbonyl (C=O) groups excluding carboxylic acids is 1. The number of hydrogen-bond acceptors (Lipinski definition) is 5. The van der Waals surface area contributed by atoms with E-state index in [2.05, 4.69) is 36.2 Å². The second-order valence-corrected chi connectivity index (χ2v) is 9.95. The van der Waals surface area contributed by atoms with Crippen molar-refractivity contribution in [3.05, 3.63) is 70.6 Å². The zero-order valence-corrected chi connectivity index (χ0v) is 21.1. The fraction of sp³-hybridized carbons (Fsp3) is 0.370. The van der Waals surface area contributed by atoms with Crippen LogP contribution in [0.4, 0.5) is 5.13 Å². The van der Waals surface area contributed by atoms with Crippen LogP contribution in [0.15, 0.2) is 54.6 Å². The van der Waals surface area contributed by atoms with E-state index in [4.69, 9.17) is 4.98 Å². The summed E-state index contributed by atoms with van der Waals surface area (Å²) in [7, 11) is 0. The Balaban J connectivity index is 1.76. The first kappa shape index (κ1) is 25.4. The van der Waals surface area contributed by atoms with Gasteiger partial charge in [0.25, 0.3) is 5.91 Å². The van der Waals surface area contributed by atoms with Gasteiger partial charge in [-0.2, -0.15) is 0 Å². The summed E-state index contributed by atoms with van der Waals surface area (Å²) in [5.74, 6) is -1.60. The average molecular weight is 480 g/mol. The maximum atomic E-state index is 12.5. The van der Waals surface area contributed by atoms with Gasteiger partial charge in [0.05, 0.1) is 5.69 Å². The average Bonchev–Trinajstić information content (AvgIpc) is 3.22. The molecule has 180 valence electrons. The van der Waals surface area contributed by atoms with E-state index in [1.54, 1.807) is 37.3 Å². The van der Waals surface area contributed by atoms with Crippen molar-refractivity contribution in [3.8, 4) is 11.3 Å². The molecule has 1 unspecified atom stereocenters. The quantitative estimate of drug-likeness (QED) is 0.365. The van der Waals surface area contributed by atoms with Crippen LogP contribution in [0.1, 0.15) is 54.4 Å². The van der Waals surface area contributed by atoms with Crippen molar-refractivity contribution in [1.29, 1.82) is 0 Å². The van der Waals surface area contributed by atoms with E-state index in [0.717, 1.165) is 41.3 Å². The molecule has 0 radical (unpaired) electrons. The lowest BCUT2D eigenvalue weighted by atomic mass is 10.0. The molecule has 3 aromatic rings. The topological polar surface area (TPSA) is 82.5 Å². The Kier molecular flexibility index (Phi) is 8.82.